The summed E-state index contributed by atoms with van der Waals surface area (Å²) in [6, 6.07) is 9.47. The molecule has 0 unspecified atom stereocenters. The van der Waals surface area contributed by atoms with E-state index in [-0.39, 0.29) is 11.3 Å². The predicted octanol–water partition coefficient (Wildman–Crippen LogP) is 4.57. The van der Waals surface area contributed by atoms with Gasteiger partial charge in [-0.1, -0.05) is 12.1 Å². The first kappa shape index (κ1) is 18.2. The Morgan fingerprint density at radius 2 is 1.96 bits per heavy atom. The first-order valence-electron chi connectivity index (χ1n) is 9.03. The third-order valence-electron chi connectivity index (χ3n) is 4.87. The fraction of sp³-hybridized carbons (Fsp3) is 0.238. The third kappa shape index (κ3) is 3.60. The van der Waals surface area contributed by atoms with Gasteiger partial charge >= 0.3 is 0 Å². The van der Waals surface area contributed by atoms with Gasteiger partial charge in [0.25, 0.3) is 5.91 Å². The summed E-state index contributed by atoms with van der Waals surface area (Å²) in [4.78, 5) is 16.7. The molecule has 1 aliphatic carbocycles. The molecule has 144 valence electrons. The number of benzene rings is 2. The minimum atomic E-state index is -0.865. The highest BCUT2D eigenvalue weighted by Crippen LogP contribution is 2.41. The first-order valence-corrected chi connectivity index (χ1v) is 9.03. The summed E-state index contributed by atoms with van der Waals surface area (Å²) < 4.78 is 32.7. The highest BCUT2D eigenvalue weighted by Gasteiger charge is 2.24. The van der Waals surface area contributed by atoms with Gasteiger partial charge in [0.2, 0.25) is 5.89 Å². The van der Waals surface area contributed by atoms with Gasteiger partial charge in [-0.2, -0.15) is 0 Å². The van der Waals surface area contributed by atoms with E-state index >= 15 is 0 Å². The van der Waals surface area contributed by atoms with E-state index in [1.807, 2.05) is 18.2 Å². The number of amides is 1. The van der Waals surface area contributed by atoms with Crippen LogP contribution in [0.1, 0.15) is 53.3 Å². The van der Waals surface area contributed by atoms with Crippen molar-refractivity contribution in [3.05, 3.63) is 71.1 Å². The molecule has 0 spiro atoms. The van der Waals surface area contributed by atoms with Crippen LogP contribution >= 0.6 is 0 Å². The number of nitrogens with zero attached hydrogens (tertiary/aromatic N) is 1. The molecule has 1 aliphatic rings. The Labute approximate surface area is 160 Å². The average molecular weight is 383 g/mol. The Hall–Kier alpha value is -3.22. The quantitative estimate of drug-likeness (QED) is 0.633. The van der Waals surface area contributed by atoms with Crippen molar-refractivity contribution in [2.45, 2.75) is 31.7 Å². The van der Waals surface area contributed by atoms with E-state index in [2.05, 4.69) is 16.4 Å². The van der Waals surface area contributed by atoms with Gasteiger partial charge in [-0.25, -0.2) is 13.8 Å². The zero-order valence-corrected chi connectivity index (χ0v) is 15.2. The zero-order chi connectivity index (χ0) is 19.8. The topological polar surface area (TPSA) is 81.2 Å². The summed E-state index contributed by atoms with van der Waals surface area (Å²) in [5, 5.41) is 2.66. The summed E-state index contributed by atoms with van der Waals surface area (Å²) in [6.07, 6.45) is 3.64. The monoisotopic (exact) mass is 383 g/mol. The van der Waals surface area contributed by atoms with Crippen molar-refractivity contribution in [2.24, 2.45) is 0 Å². The number of hydrogen-bond donors (Lipinski definition) is 2. The molecular weight excluding hydrogens is 364 g/mol. The predicted molar refractivity (Wildman–Crippen MR) is 101 cm³/mol. The van der Waals surface area contributed by atoms with Crippen molar-refractivity contribution in [3.63, 3.8) is 0 Å². The van der Waals surface area contributed by atoms with Gasteiger partial charge in [0, 0.05) is 5.56 Å². The average Bonchev–Trinajstić information content (AvgIpc) is 3.42. The number of anilines is 1. The number of carbonyl (C=O) groups is 1. The van der Waals surface area contributed by atoms with E-state index in [0.29, 0.717) is 11.8 Å². The first-order chi connectivity index (χ1) is 13.4. The molecule has 0 aliphatic heterocycles. The van der Waals surface area contributed by atoms with E-state index in [4.69, 9.17) is 10.2 Å². The van der Waals surface area contributed by atoms with Gasteiger partial charge in [0.05, 0.1) is 6.04 Å². The van der Waals surface area contributed by atoms with Crippen molar-refractivity contribution >= 4 is 11.6 Å². The fourth-order valence-corrected chi connectivity index (χ4v) is 3.06. The van der Waals surface area contributed by atoms with Crippen LogP contribution in [0, 0.1) is 11.6 Å². The van der Waals surface area contributed by atoms with Crippen LogP contribution in [0.4, 0.5) is 14.5 Å². The second kappa shape index (κ2) is 7.07. The largest absolute Gasteiger partial charge is 0.444 e. The van der Waals surface area contributed by atoms with Crippen LogP contribution in [0.15, 0.2) is 47.1 Å². The molecule has 0 bridgehead atoms. The number of nitrogens with one attached hydrogen (secondary N) is 1. The highest BCUT2D eigenvalue weighted by molar-refractivity contribution is 5.92. The molecule has 3 aromatic rings. The second-order valence-corrected chi connectivity index (χ2v) is 7.03. The number of carbonyl (C=O) groups excluding carboxylic acids is 1. The lowest BCUT2D eigenvalue weighted by molar-refractivity contribution is 0.0934. The van der Waals surface area contributed by atoms with Crippen LogP contribution < -0.4 is 11.1 Å². The van der Waals surface area contributed by atoms with Gasteiger partial charge in [0.15, 0.2) is 5.69 Å². The number of hydrogen-bond acceptors (Lipinski definition) is 4. The normalized spacial score (nSPS) is 14.7. The van der Waals surface area contributed by atoms with Crippen molar-refractivity contribution < 1.29 is 18.0 Å². The van der Waals surface area contributed by atoms with Crippen LogP contribution in [-0.4, -0.2) is 10.9 Å². The number of nitrogen functional groups attached to an aromatic ring is 1. The highest BCUT2D eigenvalue weighted by atomic mass is 19.1. The summed E-state index contributed by atoms with van der Waals surface area (Å²) in [6.45, 7) is 1.61. The molecule has 4 rings (SSSR count). The lowest BCUT2D eigenvalue weighted by Gasteiger charge is -2.14. The summed E-state index contributed by atoms with van der Waals surface area (Å²) in [5.74, 6) is -1.28. The van der Waals surface area contributed by atoms with Gasteiger partial charge in [-0.05, 0) is 61.1 Å². The van der Waals surface area contributed by atoms with Crippen LogP contribution in [0.2, 0.25) is 0 Å². The molecule has 1 aromatic heterocycles. The van der Waals surface area contributed by atoms with Gasteiger partial charge in [-0.3, -0.25) is 4.79 Å². The van der Waals surface area contributed by atoms with Crippen LogP contribution in [0.3, 0.4) is 0 Å². The van der Waals surface area contributed by atoms with Gasteiger partial charge in [0.1, 0.15) is 23.6 Å². The van der Waals surface area contributed by atoms with Crippen LogP contribution in [-0.2, 0) is 0 Å². The van der Waals surface area contributed by atoms with Crippen molar-refractivity contribution in [2.75, 3.05) is 5.73 Å². The van der Waals surface area contributed by atoms with Crippen molar-refractivity contribution in [3.8, 4) is 11.5 Å². The molecule has 0 radical (unpaired) electrons. The molecule has 0 saturated heterocycles. The Morgan fingerprint density at radius 1 is 1.25 bits per heavy atom. The lowest BCUT2D eigenvalue weighted by Crippen LogP contribution is -2.27. The SMILES string of the molecule is C[C@@H](NC(=O)c1coc(-c2cccc(C3CC3)c2)n1)c1cc(F)c(N)c(F)c1. The molecule has 1 amide bonds. The van der Waals surface area contributed by atoms with Crippen LogP contribution in [0.5, 0.6) is 0 Å². The Bertz CT molecular complexity index is 1020. The third-order valence-corrected chi connectivity index (χ3v) is 4.87. The van der Waals surface area contributed by atoms with Crippen LogP contribution in [0.25, 0.3) is 11.5 Å². The van der Waals surface area contributed by atoms with E-state index < -0.39 is 29.3 Å². The maximum atomic E-state index is 13.6. The van der Waals surface area contributed by atoms with E-state index in [9.17, 15) is 13.6 Å². The summed E-state index contributed by atoms with van der Waals surface area (Å²) >= 11 is 0. The number of halogens is 2. The molecule has 1 heterocycles. The molecule has 5 nitrogen and oxygen atoms in total. The maximum Gasteiger partial charge on any atom is 0.273 e. The van der Waals surface area contributed by atoms with Gasteiger partial charge in [-0.15, -0.1) is 0 Å². The Balaban J connectivity index is 1.49. The van der Waals surface area contributed by atoms with E-state index in [1.54, 1.807) is 6.92 Å². The van der Waals surface area contributed by atoms with Gasteiger partial charge < -0.3 is 15.5 Å². The molecule has 1 fully saturated rings. The minimum Gasteiger partial charge on any atom is -0.444 e. The smallest absolute Gasteiger partial charge is 0.273 e. The summed E-state index contributed by atoms with van der Waals surface area (Å²) in [7, 11) is 0. The molecule has 1 atom stereocenters. The molecule has 1 saturated carbocycles. The number of nitrogens with two attached hydrogens (primary N) is 1. The number of oxazole rings is 1. The van der Waals surface area contributed by atoms with Crippen molar-refractivity contribution in [1.29, 1.82) is 0 Å². The molecule has 28 heavy (non-hydrogen) atoms. The number of rotatable bonds is 5. The van der Waals surface area contributed by atoms with E-state index in [1.165, 1.54) is 24.7 Å². The van der Waals surface area contributed by atoms with Crippen molar-refractivity contribution in [1.82, 2.24) is 10.3 Å². The minimum absolute atomic E-state index is 0.0927. The second-order valence-electron chi connectivity index (χ2n) is 7.03. The fourth-order valence-electron chi connectivity index (χ4n) is 3.06. The Morgan fingerprint density at radius 3 is 2.64 bits per heavy atom. The molecule has 2 aromatic carbocycles. The Kier molecular flexibility index (Phi) is 4.58. The molecule has 7 heteroatoms. The standard InChI is InChI=1S/C21H19F2N3O2/c1-11(15-8-16(22)19(24)17(23)9-15)25-20(27)18-10-28-21(26-18)14-4-2-3-13(7-14)12-5-6-12/h2-4,7-12H,5-6,24H2,1H3,(H,25,27)/t11-/m1/s1. The molecule has 3 N–H and O–H groups in total. The number of aromatic nitrogens is 1. The maximum absolute atomic E-state index is 13.6. The zero-order valence-electron chi connectivity index (χ0n) is 15.2. The lowest BCUT2D eigenvalue weighted by atomic mass is 10.1. The molecular formula is C21H19F2N3O2. The van der Waals surface area contributed by atoms with E-state index in [0.717, 1.165) is 17.7 Å². The summed E-state index contributed by atoms with van der Waals surface area (Å²) in [5.41, 5.74) is 7.13.